The standard InChI is InChI=1S/C5H10INO4/c6-3-7-5(10)11-2-4(9)1-8/h4,8-9H,1-3H2,(H,7,10). The SMILES string of the molecule is O=C(NCI)OCC(O)CO. The quantitative estimate of drug-likeness (QED) is 0.366. The van der Waals surface area contributed by atoms with E-state index < -0.39 is 18.8 Å². The Bertz CT molecular complexity index is 121. The number of amides is 1. The summed E-state index contributed by atoms with van der Waals surface area (Å²) in [6.45, 7) is -0.587. The molecule has 66 valence electrons. The van der Waals surface area contributed by atoms with Gasteiger partial charge in [-0.2, -0.15) is 0 Å². The highest BCUT2D eigenvalue weighted by Crippen LogP contribution is 1.85. The molecule has 0 radical (unpaired) electrons. The largest absolute Gasteiger partial charge is 0.447 e. The molecule has 0 aromatic rings. The first-order valence-corrected chi connectivity index (χ1v) is 4.48. The summed E-state index contributed by atoms with van der Waals surface area (Å²) in [7, 11) is 0. The number of carbonyl (C=O) groups excluding carboxylic acids is 1. The van der Waals surface area contributed by atoms with Gasteiger partial charge in [-0.25, -0.2) is 4.79 Å². The molecule has 1 unspecified atom stereocenters. The zero-order valence-electron chi connectivity index (χ0n) is 5.79. The lowest BCUT2D eigenvalue weighted by molar-refractivity contribution is 0.0326. The number of ether oxygens (including phenoxy) is 1. The van der Waals surface area contributed by atoms with Crippen LogP contribution < -0.4 is 5.32 Å². The van der Waals surface area contributed by atoms with Crippen molar-refractivity contribution >= 4 is 28.7 Å². The number of rotatable bonds is 4. The van der Waals surface area contributed by atoms with Crippen LogP contribution in [0.5, 0.6) is 0 Å². The molecule has 0 bridgehead atoms. The second-order valence-electron chi connectivity index (χ2n) is 1.75. The Morgan fingerprint density at radius 1 is 1.73 bits per heavy atom. The van der Waals surface area contributed by atoms with Gasteiger partial charge in [-0.15, -0.1) is 0 Å². The number of halogens is 1. The second kappa shape index (κ2) is 6.62. The molecule has 6 heteroatoms. The molecule has 0 saturated carbocycles. The highest BCUT2D eigenvalue weighted by molar-refractivity contribution is 14.1. The van der Waals surface area contributed by atoms with Crippen LogP contribution in [0.2, 0.25) is 0 Å². The fourth-order valence-corrected chi connectivity index (χ4v) is 0.642. The summed E-state index contributed by atoms with van der Waals surface area (Å²) in [4.78, 5) is 10.5. The average molecular weight is 275 g/mol. The molecule has 0 aromatic carbocycles. The van der Waals surface area contributed by atoms with E-state index in [0.717, 1.165) is 0 Å². The zero-order valence-corrected chi connectivity index (χ0v) is 7.95. The number of alkyl carbamates (subject to hydrolysis) is 1. The molecule has 0 aliphatic heterocycles. The molecule has 3 N–H and O–H groups in total. The lowest BCUT2D eigenvalue weighted by Crippen LogP contribution is -2.28. The summed E-state index contributed by atoms with van der Waals surface area (Å²) in [6.07, 6.45) is -1.58. The summed E-state index contributed by atoms with van der Waals surface area (Å²) in [5.41, 5.74) is 0. The van der Waals surface area contributed by atoms with Crippen LogP contribution in [0.25, 0.3) is 0 Å². The molecular weight excluding hydrogens is 265 g/mol. The van der Waals surface area contributed by atoms with E-state index >= 15 is 0 Å². The Labute approximate surface area is 77.9 Å². The summed E-state index contributed by atoms with van der Waals surface area (Å²) in [6, 6.07) is 0. The maximum Gasteiger partial charge on any atom is 0.407 e. The van der Waals surface area contributed by atoms with Crippen molar-refractivity contribution in [3.8, 4) is 0 Å². The minimum absolute atomic E-state index is 0.182. The highest BCUT2D eigenvalue weighted by Gasteiger charge is 2.05. The molecule has 5 nitrogen and oxygen atoms in total. The summed E-state index contributed by atoms with van der Waals surface area (Å²) in [5, 5.41) is 19.4. The predicted molar refractivity (Wildman–Crippen MR) is 46.5 cm³/mol. The van der Waals surface area contributed by atoms with Gasteiger partial charge in [0, 0.05) is 0 Å². The van der Waals surface area contributed by atoms with Gasteiger partial charge in [0.25, 0.3) is 0 Å². The van der Waals surface area contributed by atoms with E-state index in [1.54, 1.807) is 0 Å². The minimum Gasteiger partial charge on any atom is -0.447 e. The van der Waals surface area contributed by atoms with Crippen molar-refractivity contribution in [3.63, 3.8) is 0 Å². The lowest BCUT2D eigenvalue weighted by Gasteiger charge is -2.07. The monoisotopic (exact) mass is 275 g/mol. The highest BCUT2D eigenvalue weighted by atomic mass is 127. The molecule has 0 rings (SSSR count). The molecule has 0 aliphatic carbocycles. The Kier molecular flexibility index (Phi) is 6.57. The van der Waals surface area contributed by atoms with Crippen LogP contribution in [0.15, 0.2) is 0 Å². The number of hydrogen-bond donors (Lipinski definition) is 3. The smallest absolute Gasteiger partial charge is 0.407 e. The molecule has 1 amide bonds. The molecule has 0 aliphatic rings. The van der Waals surface area contributed by atoms with E-state index in [-0.39, 0.29) is 6.61 Å². The number of aliphatic hydroxyl groups excluding tert-OH is 2. The van der Waals surface area contributed by atoms with E-state index in [2.05, 4.69) is 10.1 Å². The Hall–Kier alpha value is -0.0800. The summed E-state index contributed by atoms with van der Waals surface area (Å²) < 4.78 is 4.92. The molecule has 0 saturated heterocycles. The van der Waals surface area contributed by atoms with Crippen LogP contribution in [0.3, 0.4) is 0 Å². The van der Waals surface area contributed by atoms with Crippen LogP contribution >= 0.6 is 22.6 Å². The van der Waals surface area contributed by atoms with Crippen molar-refractivity contribution in [1.29, 1.82) is 0 Å². The molecule has 1 atom stereocenters. The molecule has 11 heavy (non-hydrogen) atoms. The van der Waals surface area contributed by atoms with E-state index in [9.17, 15) is 4.79 Å². The van der Waals surface area contributed by atoms with Crippen molar-refractivity contribution in [3.05, 3.63) is 0 Å². The maximum atomic E-state index is 10.5. The van der Waals surface area contributed by atoms with E-state index in [4.69, 9.17) is 10.2 Å². The number of carbonyl (C=O) groups is 1. The molecular formula is C5H10INO4. The van der Waals surface area contributed by atoms with E-state index in [0.29, 0.717) is 4.55 Å². The van der Waals surface area contributed by atoms with E-state index in [1.165, 1.54) is 0 Å². The predicted octanol–water partition coefficient (Wildman–Crippen LogP) is -0.542. The van der Waals surface area contributed by atoms with Crippen LogP contribution in [-0.2, 0) is 4.74 Å². The Morgan fingerprint density at radius 3 is 2.82 bits per heavy atom. The first kappa shape index (κ1) is 10.9. The van der Waals surface area contributed by atoms with Crippen molar-refractivity contribution in [2.45, 2.75) is 6.10 Å². The van der Waals surface area contributed by atoms with E-state index in [1.807, 2.05) is 22.6 Å². The summed E-state index contributed by atoms with van der Waals surface area (Å²) in [5.74, 6) is 0. The Morgan fingerprint density at radius 2 is 2.36 bits per heavy atom. The van der Waals surface area contributed by atoms with Gasteiger partial charge < -0.3 is 20.3 Å². The fourth-order valence-electron chi connectivity index (χ4n) is 0.330. The zero-order chi connectivity index (χ0) is 8.69. The summed E-state index contributed by atoms with van der Waals surface area (Å²) >= 11 is 1.95. The van der Waals surface area contributed by atoms with Gasteiger partial charge in [0.15, 0.2) is 0 Å². The van der Waals surface area contributed by atoms with Gasteiger partial charge in [-0.3, -0.25) is 0 Å². The van der Waals surface area contributed by atoms with Crippen molar-refractivity contribution in [2.75, 3.05) is 17.8 Å². The van der Waals surface area contributed by atoms with Gasteiger partial charge >= 0.3 is 6.09 Å². The van der Waals surface area contributed by atoms with Gasteiger partial charge in [0.1, 0.15) is 12.7 Å². The van der Waals surface area contributed by atoms with Gasteiger partial charge in [-0.05, 0) is 0 Å². The minimum atomic E-state index is -0.991. The first-order valence-electron chi connectivity index (χ1n) is 2.96. The molecule has 0 aromatic heterocycles. The number of nitrogens with one attached hydrogen (secondary N) is 1. The van der Waals surface area contributed by atoms with Crippen LogP contribution in [0.4, 0.5) is 4.79 Å². The first-order chi connectivity index (χ1) is 5.20. The van der Waals surface area contributed by atoms with Crippen molar-refractivity contribution < 1.29 is 19.7 Å². The average Bonchev–Trinajstić information content (AvgIpc) is 2.01. The van der Waals surface area contributed by atoms with Crippen LogP contribution in [0.1, 0.15) is 0 Å². The number of aliphatic hydroxyl groups is 2. The Balaban J connectivity index is 3.30. The topological polar surface area (TPSA) is 78.8 Å². The molecule has 0 heterocycles. The third kappa shape index (κ3) is 6.32. The van der Waals surface area contributed by atoms with Gasteiger partial charge in [0.2, 0.25) is 0 Å². The van der Waals surface area contributed by atoms with Crippen molar-refractivity contribution in [1.82, 2.24) is 5.32 Å². The second-order valence-corrected chi connectivity index (χ2v) is 2.51. The van der Waals surface area contributed by atoms with Crippen LogP contribution in [-0.4, -0.2) is 40.2 Å². The number of hydrogen-bond acceptors (Lipinski definition) is 4. The fraction of sp³-hybridized carbons (Fsp3) is 0.800. The third-order valence-corrected chi connectivity index (χ3v) is 1.21. The van der Waals surface area contributed by atoms with Crippen LogP contribution in [0, 0.1) is 0 Å². The maximum absolute atomic E-state index is 10.5. The van der Waals surface area contributed by atoms with Gasteiger partial charge in [-0.1, -0.05) is 22.6 Å². The normalized spacial score (nSPS) is 12.3. The molecule has 0 fully saturated rings. The number of alkyl halides is 1. The van der Waals surface area contributed by atoms with Gasteiger partial charge in [0.05, 0.1) is 11.2 Å². The van der Waals surface area contributed by atoms with Crippen molar-refractivity contribution in [2.24, 2.45) is 0 Å². The third-order valence-electron chi connectivity index (χ3n) is 0.829. The lowest BCUT2D eigenvalue weighted by atomic mass is 10.4. The molecule has 0 spiro atoms.